The number of hydrogen-bond acceptors (Lipinski definition) is 4. The maximum atomic E-state index is 12.5. The topological polar surface area (TPSA) is 32.8 Å². The molecule has 0 bridgehead atoms. The predicted octanol–water partition coefficient (Wildman–Crippen LogP) is 5.85. The van der Waals surface area contributed by atoms with Gasteiger partial charge in [-0.1, -0.05) is 41.8 Å². The molecule has 1 unspecified atom stereocenters. The zero-order chi connectivity index (χ0) is 20.2. The highest BCUT2D eigenvalue weighted by molar-refractivity contribution is 8.00. The average molecular weight is 451 g/mol. The lowest BCUT2D eigenvalue weighted by Gasteiger charge is -2.30. The number of hydrogen-bond donors (Lipinski definition) is 0. The van der Waals surface area contributed by atoms with Crippen LogP contribution in [0.2, 0.25) is 10.0 Å². The Morgan fingerprint density at radius 2 is 1.72 bits per heavy atom. The molecule has 2 aromatic carbocycles. The Hall–Kier alpha value is -1.40. The van der Waals surface area contributed by atoms with Gasteiger partial charge in [-0.05, 0) is 61.8 Å². The van der Waals surface area contributed by atoms with Gasteiger partial charge >= 0.3 is 0 Å². The van der Waals surface area contributed by atoms with Crippen molar-refractivity contribution in [1.29, 1.82) is 0 Å². The van der Waals surface area contributed by atoms with E-state index in [-0.39, 0.29) is 11.3 Å². The van der Waals surface area contributed by atoms with E-state index in [4.69, 9.17) is 27.9 Å². The van der Waals surface area contributed by atoms with Crippen molar-refractivity contribution in [2.75, 3.05) is 31.9 Å². The number of piperidine rings is 1. The van der Waals surface area contributed by atoms with Crippen molar-refractivity contribution in [3.05, 3.63) is 58.1 Å². The van der Waals surface area contributed by atoms with Crippen molar-refractivity contribution in [3.8, 4) is 11.5 Å². The smallest absolute Gasteiger partial charge is 0.233 e. The first kappa shape index (κ1) is 20.9. The summed E-state index contributed by atoms with van der Waals surface area (Å²) in [7, 11) is 0. The van der Waals surface area contributed by atoms with Gasteiger partial charge < -0.3 is 14.5 Å². The Balaban J connectivity index is 1.46. The second kappa shape index (κ2) is 9.61. The highest BCUT2D eigenvalue weighted by Gasteiger charge is 2.33. The number of rotatable bonds is 6. The summed E-state index contributed by atoms with van der Waals surface area (Å²) in [4.78, 5) is 17.0. The molecule has 2 fully saturated rings. The average Bonchev–Trinajstić information content (AvgIpc) is 3.07. The summed E-state index contributed by atoms with van der Waals surface area (Å²) < 4.78 is 5.97. The third-order valence-electron chi connectivity index (χ3n) is 5.29. The molecule has 7 heteroatoms. The number of likely N-dealkylation sites (tertiary alicyclic amines) is 1. The van der Waals surface area contributed by atoms with Gasteiger partial charge in [0.15, 0.2) is 0 Å². The fourth-order valence-electron chi connectivity index (χ4n) is 3.86. The number of ether oxygens (including phenoxy) is 1. The molecule has 154 valence electrons. The molecule has 1 atom stereocenters. The third-order valence-corrected chi connectivity index (χ3v) is 6.98. The van der Waals surface area contributed by atoms with E-state index in [1.807, 2.05) is 23.1 Å². The summed E-state index contributed by atoms with van der Waals surface area (Å²) in [5.41, 5.74) is 1.07. The minimum atomic E-state index is 0.0267. The number of carbonyl (C=O) groups excluding carboxylic acids is 1. The fraction of sp³-hybridized carbons (Fsp3) is 0.409. The minimum Gasteiger partial charge on any atom is -0.457 e. The molecule has 0 radical (unpaired) electrons. The highest BCUT2D eigenvalue weighted by atomic mass is 35.5. The SMILES string of the molecule is O=C1CSC(c2cccc(Oc3cc(Cl)cc(Cl)c3)c2)N1CCN1CCCCC1. The van der Waals surface area contributed by atoms with E-state index in [1.54, 1.807) is 30.0 Å². The van der Waals surface area contributed by atoms with Crippen molar-refractivity contribution < 1.29 is 9.53 Å². The lowest BCUT2D eigenvalue weighted by atomic mass is 10.1. The maximum Gasteiger partial charge on any atom is 0.233 e. The summed E-state index contributed by atoms with van der Waals surface area (Å²) in [6, 6.07) is 13.1. The number of halogens is 2. The van der Waals surface area contributed by atoms with E-state index in [9.17, 15) is 4.79 Å². The van der Waals surface area contributed by atoms with Gasteiger partial charge in [0, 0.05) is 23.1 Å². The van der Waals surface area contributed by atoms with E-state index in [0.717, 1.165) is 31.7 Å². The fourth-order valence-corrected chi connectivity index (χ4v) is 5.57. The Morgan fingerprint density at radius 3 is 2.48 bits per heavy atom. The normalized spacial score (nSPS) is 20.3. The van der Waals surface area contributed by atoms with Crippen LogP contribution in [0.5, 0.6) is 11.5 Å². The van der Waals surface area contributed by atoms with Crippen LogP contribution >= 0.6 is 35.0 Å². The van der Waals surface area contributed by atoms with Crippen LogP contribution in [0.1, 0.15) is 30.2 Å². The van der Waals surface area contributed by atoms with Crippen LogP contribution in [0, 0.1) is 0 Å². The largest absolute Gasteiger partial charge is 0.457 e. The standard InChI is InChI=1S/C22H24Cl2N2O2S/c23-17-12-18(24)14-20(13-17)28-19-6-4-5-16(11-19)22-26(21(27)15-29-22)10-9-25-7-2-1-3-8-25/h4-6,11-14,22H,1-3,7-10,15H2. The number of amides is 1. The summed E-state index contributed by atoms with van der Waals surface area (Å²) in [5.74, 6) is 2.04. The highest BCUT2D eigenvalue weighted by Crippen LogP contribution is 2.40. The van der Waals surface area contributed by atoms with Gasteiger partial charge in [-0.25, -0.2) is 0 Å². The quantitative estimate of drug-likeness (QED) is 0.552. The van der Waals surface area contributed by atoms with Crippen molar-refractivity contribution >= 4 is 40.9 Å². The second-order valence-corrected chi connectivity index (χ2v) is 9.37. The van der Waals surface area contributed by atoms with E-state index in [0.29, 0.717) is 27.3 Å². The zero-order valence-electron chi connectivity index (χ0n) is 16.2. The molecule has 2 aliphatic rings. The molecule has 0 N–H and O–H groups in total. The summed E-state index contributed by atoms with van der Waals surface area (Å²) in [6.07, 6.45) is 3.85. The van der Waals surface area contributed by atoms with Crippen LogP contribution in [-0.4, -0.2) is 47.6 Å². The van der Waals surface area contributed by atoms with Gasteiger partial charge in [0.1, 0.15) is 16.9 Å². The van der Waals surface area contributed by atoms with Gasteiger partial charge in [-0.15, -0.1) is 11.8 Å². The van der Waals surface area contributed by atoms with E-state index in [1.165, 1.54) is 19.3 Å². The number of carbonyl (C=O) groups is 1. The van der Waals surface area contributed by atoms with Crippen LogP contribution in [0.4, 0.5) is 0 Å². The van der Waals surface area contributed by atoms with Gasteiger partial charge in [0.2, 0.25) is 5.91 Å². The molecule has 0 spiro atoms. The Kier molecular flexibility index (Phi) is 6.91. The first-order chi connectivity index (χ1) is 14.1. The Morgan fingerprint density at radius 1 is 0.966 bits per heavy atom. The molecule has 1 amide bonds. The van der Waals surface area contributed by atoms with Crippen molar-refractivity contribution in [2.45, 2.75) is 24.6 Å². The molecule has 2 aromatic rings. The molecule has 4 nitrogen and oxygen atoms in total. The molecule has 2 aliphatic heterocycles. The molecular formula is C22H24Cl2N2O2S. The molecule has 2 heterocycles. The maximum absolute atomic E-state index is 12.5. The second-order valence-electron chi connectivity index (χ2n) is 7.43. The van der Waals surface area contributed by atoms with Crippen molar-refractivity contribution in [3.63, 3.8) is 0 Å². The van der Waals surface area contributed by atoms with Crippen LogP contribution in [0.15, 0.2) is 42.5 Å². The first-order valence-electron chi connectivity index (χ1n) is 9.96. The lowest BCUT2D eigenvalue weighted by molar-refractivity contribution is -0.128. The Bertz CT molecular complexity index is 853. The molecular weight excluding hydrogens is 427 g/mol. The molecule has 0 aromatic heterocycles. The molecule has 2 saturated heterocycles. The lowest BCUT2D eigenvalue weighted by Crippen LogP contribution is -2.39. The predicted molar refractivity (Wildman–Crippen MR) is 120 cm³/mol. The summed E-state index contributed by atoms with van der Waals surface area (Å²) >= 11 is 13.8. The van der Waals surface area contributed by atoms with Crippen LogP contribution in [-0.2, 0) is 4.79 Å². The Labute approximate surface area is 186 Å². The van der Waals surface area contributed by atoms with E-state index in [2.05, 4.69) is 11.0 Å². The summed E-state index contributed by atoms with van der Waals surface area (Å²) in [6.45, 7) is 4.00. The van der Waals surface area contributed by atoms with E-state index < -0.39 is 0 Å². The van der Waals surface area contributed by atoms with Gasteiger partial charge in [-0.2, -0.15) is 0 Å². The number of benzene rings is 2. The minimum absolute atomic E-state index is 0.0267. The number of nitrogens with zero attached hydrogens (tertiary/aromatic N) is 2. The first-order valence-corrected chi connectivity index (χ1v) is 11.8. The summed E-state index contributed by atoms with van der Waals surface area (Å²) in [5, 5.41) is 1.09. The zero-order valence-corrected chi connectivity index (χ0v) is 18.5. The molecule has 0 saturated carbocycles. The third kappa shape index (κ3) is 5.40. The van der Waals surface area contributed by atoms with Gasteiger partial charge in [-0.3, -0.25) is 4.79 Å². The molecule has 4 rings (SSSR count). The van der Waals surface area contributed by atoms with Crippen LogP contribution in [0.25, 0.3) is 0 Å². The van der Waals surface area contributed by atoms with Crippen molar-refractivity contribution in [1.82, 2.24) is 9.80 Å². The monoisotopic (exact) mass is 450 g/mol. The van der Waals surface area contributed by atoms with Crippen LogP contribution < -0.4 is 4.74 Å². The van der Waals surface area contributed by atoms with Crippen LogP contribution in [0.3, 0.4) is 0 Å². The van der Waals surface area contributed by atoms with Gasteiger partial charge in [0.25, 0.3) is 0 Å². The molecule has 0 aliphatic carbocycles. The van der Waals surface area contributed by atoms with Crippen molar-refractivity contribution in [2.24, 2.45) is 0 Å². The molecule has 29 heavy (non-hydrogen) atoms. The van der Waals surface area contributed by atoms with E-state index >= 15 is 0 Å². The number of thioether (sulfide) groups is 1. The van der Waals surface area contributed by atoms with Gasteiger partial charge in [0.05, 0.1) is 5.75 Å².